The maximum atomic E-state index is 12.7. The third-order valence-electron chi connectivity index (χ3n) is 4.78. The molecular weight excluding hydrogens is 392 g/mol. The molecule has 0 spiro atoms. The van der Waals surface area contributed by atoms with Crippen LogP contribution in [0.4, 0.5) is 5.00 Å². The lowest BCUT2D eigenvalue weighted by Gasteiger charge is -2.14. The molecule has 0 aliphatic carbocycles. The molecule has 1 aliphatic heterocycles. The van der Waals surface area contributed by atoms with Gasteiger partial charge >= 0.3 is 5.97 Å². The fourth-order valence-electron chi connectivity index (χ4n) is 3.38. The summed E-state index contributed by atoms with van der Waals surface area (Å²) in [5.74, 6) is 0.571. The number of carbonyl (C=O) groups is 2. The van der Waals surface area contributed by atoms with E-state index in [0.29, 0.717) is 34.2 Å². The highest BCUT2D eigenvalue weighted by molar-refractivity contribution is 7.15. The number of nitrogens with zero attached hydrogens (tertiary/aromatic N) is 1. The van der Waals surface area contributed by atoms with E-state index >= 15 is 0 Å². The van der Waals surface area contributed by atoms with Gasteiger partial charge in [0.15, 0.2) is 11.5 Å². The number of ether oxygens (including phenoxy) is 3. The number of likely N-dealkylation sites (tertiary alicyclic amines) is 1. The van der Waals surface area contributed by atoms with Crippen LogP contribution in [0.5, 0.6) is 11.5 Å². The Balaban J connectivity index is 1.91. The minimum atomic E-state index is -0.463. The Morgan fingerprint density at radius 2 is 1.86 bits per heavy atom. The molecule has 29 heavy (non-hydrogen) atoms. The molecule has 3 rings (SSSR count). The van der Waals surface area contributed by atoms with Crippen molar-refractivity contribution in [3.05, 3.63) is 29.1 Å². The van der Waals surface area contributed by atoms with Crippen LogP contribution < -0.4 is 14.8 Å². The molecule has 2 aromatic rings. The quantitative estimate of drug-likeness (QED) is 0.660. The van der Waals surface area contributed by atoms with Gasteiger partial charge in [0.2, 0.25) is 5.91 Å². The van der Waals surface area contributed by atoms with E-state index in [1.165, 1.54) is 11.3 Å². The summed E-state index contributed by atoms with van der Waals surface area (Å²) in [7, 11) is 3.13. The van der Waals surface area contributed by atoms with Crippen LogP contribution in [-0.4, -0.2) is 57.2 Å². The number of carbonyl (C=O) groups excluding carboxylic acids is 2. The van der Waals surface area contributed by atoms with Gasteiger partial charge in [0.25, 0.3) is 0 Å². The zero-order valence-corrected chi connectivity index (χ0v) is 17.8. The van der Waals surface area contributed by atoms with Gasteiger partial charge in [-0.2, -0.15) is 0 Å². The molecule has 0 atom stereocenters. The van der Waals surface area contributed by atoms with Crippen LogP contribution in [0.15, 0.2) is 23.6 Å². The summed E-state index contributed by atoms with van der Waals surface area (Å²) in [5.41, 5.74) is 1.83. The molecule has 1 amide bonds. The van der Waals surface area contributed by atoms with E-state index in [-0.39, 0.29) is 12.5 Å². The van der Waals surface area contributed by atoms with E-state index in [1.54, 1.807) is 33.3 Å². The number of methoxy groups -OCH3 is 2. The number of esters is 1. The predicted molar refractivity (Wildman–Crippen MR) is 113 cm³/mol. The summed E-state index contributed by atoms with van der Waals surface area (Å²) < 4.78 is 15.9. The number of nitrogens with one attached hydrogen (secondary N) is 1. The van der Waals surface area contributed by atoms with Crippen molar-refractivity contribution in [3.8, 4) is 22.6 Å². The second kappa shape index (κ2) is 9.76. The second-order valence-electron chi connectivity index (χ2n) is 6.68. The predicted octanol–water partition coefficient (Wildman–Crippen LogP) is 3.64. The highest BCUT2D eigenvalue weighted by Crippen LogP contribution is 2.39. The lowest BCUT2D eigenvalue weighted by Crippen LogP contribution is -2.31. The van der Waals surface area contributed by atoms with Crippen molar-refractivity contribution >= 4 is 28.2 Å². The summed E-state index contributed by atoms with van der Waals surface area (Å²) in [4.78, 5) is 27.3. The van der Waals surface area contributed by atoms with Crippen molar-refractivity contribution in [1.82, 2.24) is 4.90 Å². The monoisotopic (exact) mass is 418 g/mol. The molecule has 0 bridgehead atoms. The first kappa shape index (κ1) is 21.1. The molecule has 0 radical (unpaired) electrons. The summed E-state index contributed by atoms with van der Waals surface area (Å²) in [6.45, 7) is 4.19. The molecule has 1 aromatic heterocycles. The number of benzene rings is 1. The maximum Gasteiger partial charge on any atom is 0.341 e. The number of amides is 1. The second-order valence-corrected chi connectivity index (χ2v) is 7.55. The van der Waals surface area contributed by atoms with Gasteiger partial charge in [0, 0.05) is 10.9 Å². The molecule has 1 saturated heterocycles. The lowest BCUT2D eigenvalue weighted by molar-refractivity contribution is -0.117. The van der Waals surface area contributed by atoms with Crippen LogP contribution in [0.1, 0.15) is 30.1 Å². The summed E-state index contributed by atoms with van der Waals surface area (Å²) >= 11 is 1.31. The zero-order valence-electron chi connectivity index (χ0n) is 16.9. The molecule has 8 heteroatoms. The van der Waals surface area contributed by atoms with Crippen molar-refractivity contribution in [1.29, 1.82) is 0 Å². The van der Waals surface area contributed by atoms with Gasteiger partial charge in [0.05, 0.1) is 27.4 Å². The Hall–Kier alpha value is -2.58. The average molecular weight is 419 g/mol. The minimum Gasteiger partial charge on any atom is -0.493 e. The van der Waals surface area contributed by atoms with Crippen molar-refractivity contribution in [2.75, 3.05) is 45.8 Å². The Labute approximate surface area is 174 Å². The van der Waals surface area contributed by atoms with Gasteiger partial charge in [0.1, 0.15) is 10.6 Å². The lowest BCUT2D eigenvalue weighted by atomic mass is 10.0. The molecule has 156 valence electrons. The summed E-state index contributed by atoms with van der Waals surface area (Å²) in [6.07, 6.45) is 2.23. The van der Waals surface area contributed by atoms with Crippen molar-refractivity contribution < 1.29 is 23.8 Å². The minimum absolute atomic E-state index is 0.127. The first-order chi connectivity index (χ1) is 14.1. The first-order valence-corrected chi connectivity index (χ1v) is 10.5. The number of anilines is 1. The van der Waals surface area contributed by atoms with Crippen molar-refractivity contribution in [3.63, 3.8) is 0 Å². The highest BCUT2D eigenvalue weighted by Gasteiger charge is 2.24. The first-order valence-electron chi connectivity index (χ1n) is 9.60. The van der Waals surface area contributed by atoms with Gasteiger partial charge in [-0.25, -0.2) is 4.79 Å². The molecule has 1 aliphatic rings. The smallest absolute Gasteiger partial charge is 0.341 e. The van der Waals surface area contributed by atoms with Crippen LogP contribution in [0.3, 0.4) is 0 Å². The molecule has 0 unspecified atom stereocenters. The molecule has 0 saturated carbocycles. The Kier molecular flexibility index (Phi) is 7.11. The fraction of sp³-hybridized carbons (Fsp3) is 0.429. The number of rotatable bonds is 8. The summed E-state index contributed by atoms with van der Waals surface area (Å²) in [6, 6.07) is 5.44. The van der Waals surface area contributed by atoms with Crippen LogP contribution >= 0.6 is 11.3 Å². The third-order valence-corrected chi connectivity index (χ3v) is 5.68. The van der Waals surface area contributed by atoms with Gasteiger partial charge < -0.3 is 19.5 Å². The topological polar surface area (TPSA) is 77.1 Å². The summed E-state index contributed by atoms with van der Waals surface area (Å²) in [5, 5.41) is 5.24. The molecule has 1 N–H and O–H groups in total. The fourth-order valence-corrected chi connectivity index (χ4v) is 4.36. The van der Waals surface area contributed by atoms with E-state index in [9.17, 15) is 9.59 Å². The van der Waals surface area contributed by atoms with E-state index in [2.05, 4.69) is 10.2 Å². The van der Waals surface area contributed by atoms with Gasteiger partial charge in [-0.1, -0.05) is 6.07 Å². The van der Waals surface area contributed by atoms with Crippen LogP contribution in [0, 0.1) is 0 Å². The van der Waals surface area contributed by atoms with Crippen LogP contribution in [-0.2, 0) is 9.53 Å². The molecule has 7 nitrogen and oxygen atoms in total. The van der Waals surface area contributed by atoms with Gasteiger partial charge in [-0.3, -0.25) is 9.69 Å². The molecule has 1 fully saturated rings. The van der Waals surface area contributed by atoms with E-state index in [0.717, 1.165) is 31.5 Å². The maximum absolute atomic E-state index is 12.7. The normalized spacial score (nSPS) is 13.9. The highest BCUT2D eigenvalue weighted by atomic mass is 32.1. The van der Waals surface area contributed by atoms with Crippen LogP contribution in [0.2, 0.25) is 0 Å². The van der Waals surface area contributed by atoms with Crippen molar-refractivity contribution in [2.24, 2.45) is 0 Å². The third kappa shape index (κ3) is 4.89. The van der Waals surface area contributed by atoms with Gasteiger partial charge in [-0.05, 0) is 50.6 Å². The average Bonchev–Trinajstić information content (AvgIpc) is 3.37. The van der Waals surface area contributed by atoms with E-state index in [1.807, 2.05) is 11.4 Å². The SMILES string of the molecule is CCOC(=O)c1c(-c2ccc(OC)c(OC)c2)csc1NC(=O)CN1CCCC1. The zero-order chi connectivity index (χ0) is 20.8. The van der Waals surface area contributed by atoms with E-state index in [4.69, 9.17) is 14.2 Å². The number of thiophene rings is 1. The Bertz CT molecular complexity index is 874. The molecule has 1 aromatic carbocycles. The largest absolute Gasteiger partial charge is 0.493 e. The molecular formula is C21H26N2O5S. The Morgan fingerprint density at radius 3 is 2.52 bits per heavy atom. The van der Waals surface area contributed by atoms with E-state index < -0.39 is 5.97 Å². The molecule has 2 heterocycles. The number of hydrogen-bond acceptors (Lipinski definition) is 7. The Morgan fingerprint density at radius 1 is 1.14 bits per heavy atom. The van der Waals surface area contributed by atoms with Crippen molar-refractivity contribution in [2.45, 2.75) is 19.8 Å². The number of hydrogen-bond donors (Lipinski definition) is 1. The van der Waals surface area contributed by atoms with Gasteiger partial charge in [-0.15, -0.1) is 11.3 Å². The van der Waals surface area contributed by atoms with Crippen LogP contribution in [0.25, 0.3) is 11.1 Å². The standard InChI is InChI=1S/C21H26N2O5S/c1-4-28-21(25)19-15(14-7-8-16(26-2)17(11-14)27-3)13-29-20(19)22-18(24)12-23-9-5-6-10-23/h7-8,11,13H,4-6,9-10,12H2,1-3H3,(H,22,24).